The van der Waals surface area contributed by atoms with Gasteiger partial charge in [-0.15, -0.1) is 0 Å². The number of aromatic hydroxyl groups is 2. The molecule has 0 unspecified atom stereocenters. The Morgan fingerprint density at radius 2 is 1.48 bits per heavy atom. The molecule has 0 saturated carbocycles. The molecule has 6 heteroatoms. The van der Waals surface area contributed by atoms with Gasteiger partial charge in [-0.3, -0.25) is 0 Å². The van der Waals surface area contributed by atoms with Crippen LogP contribution in [0.1, 0.15) is 47.1 Å². The highest BCUT2D eigenvalue weighted by Crippen LogP contribution is 2.44. The van der Waals surface area contributed by atoms with Crippen molar-refractivity contribution in [3.05, 3.63) is 40.2 Å². The average molecular weight is 415 g/mol. The lowest BCUT2D eigenvalue weighted by molar-refractivity contribution is 0.453. The Balaban J connectivity index is 2.28. The van der Waals surface area contributed by atoms with Crippen molar-refractivity contribution in [2.75, 3.05) is 0 Å². The minimum atomic E-state index is -2.16. The average Bonchev–Trinajstić information content (AvgIpc) is 2.57. The molecule has 0 atom stereocenters. The fraction of sp³-hybridized carbons (Fsp3) is 0.435. The van der Waals surface area contributed by atoms with Crippen molar-refractivity contribution in [1.29, 1.82) is 0 Å². The van der Waals surface area contributed by atoms with Gasteiger partial charge in [-0.05, 0) is 41.2 Å². The zero-order valence-corrected chi connectivity index (χ0v) is 19.2. The van der Waals surface area contributed by atoms with Crippen molar-refractivity contribution in [2.24, 2.45) is 0 Å². The lowest BCUT2D eigenvalue weighted by Gasteiger charge is -2.42. The van der Waals surface area contributed by atoms with E-state index in [9.17, 15) is 15.0 Å². The standard InChI is InChI=1S/C23H30O5Si/c1-12(2)29(13(3)4,14(5)6)28-17-8-15(7)21-18-9-16(24)10-19(25)22(18)23(26)27-20(21)11-17/h8-14,24-25H,1-7H3. The van der Waals surface area contributed by atoms with Crippen LogP contribution in [-0.4, -0.2) is 18.5 Å². The third kappa shape index (κ3) is 3.39. The SMILES string of the molecule is Cc1cc(O[Si](C(C)C)(C(C)C)C(C)C)cc2oc(=O)c3c(O)cc(O)cc3c12. The molecule has 29 heavy (non-hydrogen) atoms. The minimum absolute atomic E-state index is 0.0716. The molecule has 0 amide bonds. The highest BCUT2D eigenvalue weighted by molar-refractivity contribution is 6.78. The van der Waals surface area contributed by atoms with Crippen molar-refractivity contribution < 1.29 is 19.1 Å². The largest absolute Gasteiger partial charge is 0.543 e. The lowest BCUT2D eigenvalue weighted by atomic mass is 10.0. The summed E-state index contributed by atoms with van der Waals surface area (Å²) in [4.78, 5) is 12.5. The van der Waals surface area contributed by atoms with Gasteiger partial charge in [0.05, 0.1) is 0 Å². The molecule has 0 aliphatic heterocycles. The van der Waals surface area contributed by atoms with Crippen molar-refractivity contribution in [1.82, 2.24) is 0 Å². The fourth-order valence-electron chi connectivity index (χ4n) is 4.94. The second kappa shape index (κ2) is 7.41. The number of hydrogen-bond donors (Lipinski definition) is 2. The van der Waals surface area contributed by atoms with Gasteiger partial charge in [0.25, 0.3) is 8.32 Å². The van der Waals surface area contributed by atoms with Crippen LogP contribution in [0.4, 0.5) is 0 Å². The van der Waals surface area contributed by atoms with E-state index < -0.39 is 13.9 Å². The van der Waals surface area contributed by atoms with Crippen molar-refractivity contribution in [3.63, 3.8) is 0 Å². The van der Waals surface area contributed by atoms with Crippen molar-refractivity contribution >= 4 is 30.1 Å². The quantitative estimate of drug-likeness (QED) is 0.294. The van der Waals surface area contributed by atoms with Crippen LogP contribution < -0.4 is 10.1 Å². The molecule has 1 heterocycles. The molecule has 0 spiro atoms. The van der Waals surface area contributed by atoms with Crippen molar-refractivity contribution in [2.45, 2.75) is 65.1 Å². The molecule has 0 bridgehead atoms. The van der Waals surface area contributed by atoms with E-state index in [-0.39, 0.29) is 16.9 Å². The maximum Gasteiger partial charge on any atom is 0.347 e. The van der Waals surface area contributed by atoms with Crippen LogP contribution in [0.2, 0.25) is 16.6 Å². The molecular weight excluding hydrogens is 384 g/mol. The number of fused-ring (bicyclic) bond motifs is 3. The normalized spacial score (nSPS) is 12.6. The minimum Gasteiger partial charge on any atom is -0.543 e. The number of rotatable bonds is 5. The maximum atomic E-state index is 12.5. The Morgan fingerprint density at radius 3 is 2.03 bits per heavy atom. The first kappa shape index (κ1) is 21.2. The van der Waals surface area contributed by atoms with Gasteiger partial charge < -0.3 is 19.1 Å². The summed E-state index contributed by atoms with van der Waals surface area (Å²) in [6.07, 6.45) is 0. The smallest absolute Gasteiger partial charge is 0.347 e. The topological polar surface area (TPSA) is 79.9 Å². The van der Waals surface area contributed by atoms with E-state index in [1.165, 1.54) is 6.07 Å². The molecule has 0 fully saturated rings. The molecule has 3 aromatic rings. The Kier molecular flexibility index (Phi) is 5.43. The molecule has 0 radical (unpaired) electrons. The lowest BCUT2D eigenvalue weighted by Crippen LogP contribution is -2.50. The number of phenolic OH excluding ortho intramolecular Hbond substituents is 2. The fourth-order valence-corrected chi connectivity index (χ4v) is 10.2. The first-order valence-corrected chi connectivity index (χ1v) is 12.2. The Bertz CT molecular complexity index is 1110. The highest BCUT2D eigenvalue weighted by atomic mass is 28.4. The molecule has 0 saturated heterocycles. The zero-order valence-electron chi connectivity index (χ0n) is 18.2. The van der Waals surface area contributed by atoms with Gasteiger partial charge in [-0.25, -0.2) is 4.79 Å². The Labute approximate surface area is 172 Å². The number of hydrogen-bond acceptors (Lipinski definition) is 5. The molecule has 0 aliphatic rings. The van der Waals surface area contributed by atoms with Crippen LogP contribution in [0.3, 0.4) is 0 Å². The summed E-state index contributed by atoms with van der Waals surface area (Å²) in [6.45, 7) is 15.2. The molecule has 0 aliphatic carbocycles. The van der Waals surface area contributed by atoms with Crippen LogP contribution in [0.5, 0.6) is 17.2 Å². The van der Waals surface area contributed by atoms with E-state index in [0.29, 0.717) is 38.7 Å². The Morgan fingerprint density at radius 1 is 0.897 bits per heavy atom. The monoisotopic (exact) mass is 414 g/mol. The van der Waals surface area contributed by atoms with Crippen LogP contribution >= 0.6 is 0 Å². The summed E-state index contributed by atoms with van der Waals surface area (Å²) >= 11 is 0. The number of aryl methyl sites for hydroxylation is 1. The van der Waals surface area contributed by atoms with Gasteiger partial charge in [0.1, 0.15) is 28.2 Å². The van der Waals surface area contributed by atoms with Crippen LogP contribution in [0, 0.1) is 6.92 Å². The van der Waals surface area contributed by atoms with E-state index in [2.05, 4.69) is 41.5 Å². The van der Waals surface area contributed by atoms with E-state index in [1.54, 1.807) is 6.07 Å². The third-order valence-corrected chi connectivity index (χ3v) is 12.1. The molecule has 2 N–H and O–H groups in total. The number of benzene rings is 2. The van der Waals surface area contributed by atoms with Gasteiger partial charge in [-0.1, -0.05) is 41.5 Å². The summed E-state index contributed by atoms with van der Waals surface area (Å²) in [5.74, 6) is 0.304. The summed E-state index contributed by atoms with van der Waals surface area (Å²) in [5, 5.41) is 21.3. The first-order valence-electron chi connectivity index (χ1n) is 10.1. The second-order valence-corrected chi connectivity index (χ2v) is 14.2. The second-order valence-electron chi connectivity index (χ2n) is 8.81. The molecule has 5 nitrogen and oxygen atoms in total. The van der Waals surface area contributed by atoms with Gasteiger partial charge in [0.2, 0.25) is 0 Å². The predicted octanol–water partition coefficient (Wildman–Crippen LogP) is 6.22. The Hall–Kier alpha value is -2.47. The van der Waals surface area contributed by atoms with E-state index in [0.717, 1.165) is 11.6 Å². The zero-order chi connectivity index (χ0) is 21.7. The summed E-state index contributed by atoms with van der Waals surface area (Å²) in [5.41, 5.74) is 1.85. The van der Waals surface area contributed by atoms with Crippen LogP contribution in [-0.2, 0) is 0 Å². The highest BCUT2D eigenvalue weighted by Gasteiger charge is 2.47. The maximum absolute atomic E-state index is 12.5. The van der Waals surface area contributed by atoms with E-state index in [1.807, 2.05) is 13.0 Å². The summed E-state index contributed by atoms with van der Waals surface area (Å²) in [7, 11) is -2.16. The first-order chi connectivity index (χ1) is 13.5. The van der Waals surface area contributed by atoms with Crippen LogP contribution in [0.15, 0.2) is 33.5 Å². The third-order valence-electron chi connectivity index (χ3n) is 6.05. The van der Waals surface area contributed by atoms with Gasteiger partial charge in [0, 0.05) is 22.9 Å². The van der Waals surface area contributed by atoms with Crippen molar-refractivity contribution in [3.8, 4) is 17.2 Å². The predicted molar refractivity (Wildman–Crippen MR) is 120 cm³/mol. The van der Waals surface area contributed by atoms with Gasteiger partial charge in [-0.2, -0.15) is 0 Å². The van der Waals surface area contributed by atoms with Gasteiger partial charge >= 0.3 is 5.63 Å². The van der Waals surface area contributed by atoms with E-state index in [4.69, 9.17) is 8.84 Å². The molecule has 3 rings (SSSR count). The number of phenols is 2. The van der Waals surface area contributed by atoms with Gasteiger partial charge in [0.15, 0.2) is 0 Å². The van der Waals surface area contributed by atoms with E-state index >= 15 is 0 Å². The summed E-state index contributed by atoms with van der Waals surface area (Å²) in [6, 6.07) is 6.35. The van der Waals surface area contributed by atoms with Crippen LogP contribution in [0.25, 0.3) is 21.7 Å². The molecule has 2 aromatic carbocycles. The summed E-state index contributed by atoms with van der Waals surface area (Å²) < 4.78 is 12.3. The molecule has 1 aromatic heterocycles. The molecular formula is C23H30O5Si. The molecule has 156 valence electrons.